The highest BCUT2D eigenvalue weighted by Gasteiger charge is 2.22. The fourth-order valence-electron chi connectivity index (χ4n) is 7.71. The molecule has 1 unspecified atom stereocenters. The van der Waals surface area contributed by atoms with Crippen LogP contribution in [0.3, 0.4) is 0 Å². The molecule has 5 heteroatoms. The minimum Gasteiger partial charge on any atom is -0.309 e. The maximum absolute atomic E-state index is 10.3. The number of aromatic nitrogens is 2. The Kier molecular flexibility index (Phi) is 6.70. The molecular weight excluding hydrogens is 611 g/mol. The van der Waals surface area contributed by atoms with Gasteiger partial charge in [-0.05, 0) is 90.4 Å². The van der Waals surface area contributed by atoms with Crippen LogP contribution in [-0.2, 0) is 0 Å². The molecule has 0 bridgehead atoms. The lowest BCUT2D eigenvalue weighted by molar-refractivity contribution is 0.846. The summed E-state index contributed by atoms with van der Waals surface area (Å²) in [6.45, 7) is 0. The first-order valence-electron chi connectivity index (χ1n) is 16.6. The van der Waals surface area contributed by atoms with Crippen molar-refractivity contribution in [3.63, 3.8) is 0 Å². The first kappa shape index (κ1) is 29.0. The van der Waals surface area contributed by atoms with E-state index in [9.17, 15) is 15.8 Å². The number of hydrogen-bond donors (Lipinski definition) is 0. The topological polar surface area (TPSA) is 81.2 Å². The molecular formula is C45H27N5. The molecule has 0 aliphatic heterocycles. The van der Waals surface area contributed by atoms with E-state index in [1.54, 1.807) is 0 Å². The molecule has 1 aliphatic rings. The third-order valence-electron chi connectivity index (χ3n) is 9.94. The third kappa shape index (κ3) is 4.45. The second-order valence-corrected chi connectivity index (χ2v) is 12.7. The summed E-state index contributed by atoms with van der Waals surface area (Å²) in [5, 5.41) is 33.8. The van der Waals surface area contributed by atoms with Gasteiger partial charge in [-0.25, -0.2) is 0 Å². The second kappa shape index (κ2) is 11.5. The summed E-state index contributed by atoms with van der Waals surface area (Å²) in [5.41, 5.74) is 11.2. The summed E-state index contributed by atoms with van der Waals surface area (Å²) >= 11 is 0. The van der Waals surface area contributed by atoms with Crippen molar-refractivity contribution in [2.24, 2.45) is 0 Å². The van der Waals surface area contributed by atoms with E-state index in [4.69, 9.17) is 0 Å². The number of fused-ring (bicyclic) bond motifs is 6. The summed E-state index contributed by atoms with van der Waals surface area (Å²) in [4.78, 5) is 0. The number of allylic oxidation sites excluding steroid dienone is 4. The monoisotopic (exact) mass is 637 g/mol. The molecule has 232 valence electrons. The van der Waals surface area contributed by atoms with Gasteiger partial charge in [0.05, 0.1) is 57.0 Å². The predicted molar refractivity (Wildman–Crippen MR) is 200 cm³/mol. The van der Waals surface area contributed by atoms with Gasteiger partial charge in [-0.1, -0.05) is 72.8 Å². The van der Waals surface area contributed by atoms with Crippen LogP contribution in [0.4, 0.5) is 0 Å². The Labute approximate surface area is 288 Å². The van der Waals surface area contributed by atoms with Gasteiger partial charge in [0.2, 0.25) is 0 Å². The third-order valence-corrected chi connectivity index (χ3v) is 9.94. The lowest BCUT2D eigenvalue weighted by Gasteiger charge is -2.22. The average Bonchev–Trinajstić information content (AvgIpc) is 3.69. The molecule has 1 aliphatic carbocycles. The van der Waals surface area contributed by atoms with E-state index in [0.717, 1.165) is 72.5 Å². The zero-order valence-corrected chi connectivity index (χ0v) is 26.9. The molecule has 2 heterocycles. The van der Waals surface area contributed by atoms with Crippen molar-refractivity contribution in [2.45, 2.75) is 12.3 Å². The molecule has 2 aromatic heterocycles. The fraction of sp³-hybridized carbons (Fsp3) is 0.0444. The van der Waals surface area contributed by atoms with Crippen molar-refractivity contribution in [2.75, 3.05) is 0 Å². The van der Waals surface area contributed by atoms with Gasteiger partial charge in [-0.15, -0.1) is 0 Å². The quantitative estimate of drug-likeness (QED) is 0.193. The SMILES string of the molecule is N#Cc1ccc2c(c1)c1ccccc1n2-c1ccc(C#N)c(C2=CC(c3ccccc3-n3c4ccccc4c4cc(C#N)ccc43)CC=C2)c1. The molecule has 50 heavy (non-hydrogen) atoms. The van der Waals surface area contributed by atoms with Gasteiger partial charge in [0, 0.05) is 44.4 Å². The van der Waals surface area contributed by atoms with Crippen molar-refractivity contribution in [3.05, 3.63) is 173 Å². The maximum atomic E-state index is 10.3. The highest BCUT2D eigenvalue weighted by molar-refractivity contribution is 6.10. The minimum atomic E-state index is 0.0636. The van der Waals surface area contributed by atoms with E-state index >= 15 is 0 Å². The molecule has 9 rings (SSSR count). The number of hydrogen-bond acceptors (Lipinski definition) is 3. The normalized spacial score (nSPS) is 14.1. The molecule has 1 atom stereocenters. The summed E-state index contributed by atoms with van der Waals surface area (Å²) in [7, 11) is 0. The van der Waals surface area contributed by atoms with E-state index in [1.165, 1.54) is 5.56 Å². The molecule has 0 radical (unpaired) electrons. The number of rotatable bonds is 4. The Balaban J connectivity index is 1.20. The zero-order chi connectivity index (χ0) is 33.8. The summed E-state index contributed by atoms with van der Waals surface area (Å²) in [5.74, 6) is 0.0636. The van der Waals surface area contributed by atoms with Crippen LogP contribution in [0.25, 0.3) is 60.6 Å². The van der Waals surface area contributed by atoms with Crippen LogP contribution < -0.4 is 0 Å². The molecule has 5 nitrogen and oxygen atoms in total. The van der Waals surface area contributed by atoms with Crippen molar-refractivity contribution in [1.82, 2.24) is 9.13 Å². The molecule has 8 aromatic rings. The van der Waals surface area contributed by atoms with Gasteiger partial charge < -0.3 is 9.13 Å². The second-order valence-electron chi connectivity index (χ2n) is 12.7. The summed E-state index contributed by atoms with van der Waals surface area (Å²) in [6.07, 6.45) is 7.46. The minimum absolute atomic E-state index is 0.0636. The van der Waals surface area contributed by atoms with Gasteiger partial charge in [-0.2, -0.15) is 15.8 Å². The Bertz CT molecular complexity index is 2890. The Morgan fingerprint density at radius 2 is 1.14 bits per heavy atom. The number of benzene rings is 6. The lowest BCUT2D eigenvalue weighted by Crippen LogP contribution is -2.06. The van der Waals surface area contributed by atoms with Crippen LogP contribution in [0.5, 0.6) is 0 Å². The van der Waals surface area contributed by atoms with Crippen LogP contribution in [0, 0.1) is 34.0 Å². The highest BCUT2D eigenvalue weighted by atomic mass is 15.0. The molecule has 0 fully saturated rings. The van der Waals surface area contributed by atoms with Gasteiger partial charge in [-0.3, -0.25) is 0 Å². The first-order chi connectivity index (χ1) is 24.7. The van der Waals surface area contributed by atoms with E-state index in [2.05, 4.69) is 106 Å². The fourth-order valence-corrected chi connectivity index (χ4v) is 7.71. The van der Waals surface area contributed by atoms with E-state index < -0.39 is 0 Å². The molecule has 6 aromatic carbocycles. The molecule has 0 spiro atoms. The van der Waals surface area contributed by atoms with Gasteiger partial charge in [0.1, 0.15) is 0 Å². The van der Waals surface area contributed by atoms with Crippen LogP contribution in [-0.4, -0.2) is 9.13 Å². The van der Waals surface area contributed by atoms with Gasteiger partial charge >= 0.3 is 0 Å². The van der Waals surface area contributed by atoms with Crippen LogP contribution in [0.2, 0.25) is 0 Å². The maximum Gasteiger partial charge on any atom is 0.0998 e. The Morgan fingerprint density at radius 1 is 0.540 bits per heavy atom. The number of para-hydroxylation sites is 3. The largest absolute Gasteiger partial charge is 0.309 e. The predicted octanol–water partition coefficient (Wildman–Crippen LogP) is 10.6. The van der Waals surface area contributed by atoms with E-state index in [0.29, 0.717) is 16.7 Å². The van der Waals surface area contributed by atoms with Crippen LogP contribution >= 0.6 is 0 Å². The summed E-state index contributed by atoms with van der Waals surface area (Å²) < 4.78 is 4.53. The molecule has 0 saturated carbocycles. The van der Waals surface area contributed by atoms with Crippen molar-refractivity contribution >= 4 is 49.2 Å². The van der Waals surface area contributed by atoms with Gasteiger partial charge in [0.25, 0.3) is 0 Å². The first-order valence-corrected chi connectivity index (χ1v) is 16.6. The van der Waals surface area contributed by atoms with Crippen molar-refractivity contribution in [3.8, 4) is 29.6 Å². The van der Waals surface area contributed by atoms with E-state index in [-0.39, 0.29) is 5.92 Å². The van der Waals surface area contributed by atoms with Gasteiger partial charge in [0.15, 0.2) is 0 Å². The van der Waals surface area contributed by atoms with Crippen LogP contribution in [0.1, 0.15) is 40.2 Å². The van der Waals surface area contributed by atoms with Crippen LogP contribution in [0.15, 0.2) is 146 Å². The Morgan fingerprint density at radius 3 is 1.82 bits per heavy atom. The van der Waals surface area contributed by atoms with Crippen molar-refractivity contribution < 1.29 is 0 Å². The number of nitriles is 3. The summed E-state index contributed by atoms with van der Waals surface area (Å²) in [6, 6.07) is 49.9. The molecule has 0 amide bonds. The smallest absolute Gasteiger partial charge is 0.0998 e. The van der Waals surface area contributed by atoms with Crippen molar-refractivity contribution in [1.29, 1.82) is 15.8 Å². The lowest BCUT2D eigenvalue weighted by atomic mass is 9.85. The average molecular weight is 638 g/mol. The molecule has 0 saturated heterocycles. The highest BCUT2D eigenvalue weighted by Crippen LogP contribution is 2.40. The zero-order valence-electron chi connectivity index (χ0n) is 26.9. The molecule has 0 N–H and O–H groups in total. The Hall–Kier alpha value is -7.13. The standard InChI is InChI=1S/C45H27N5/c46-26-29-16-20-44-39(22-29)36-11-2-5-14-42(36)49(44)34-19-18-33(28-48)38(25-34)32-9-7-8-31(24-32)35-10-1-4-13-41(35)50-43-15-6-3-12-37(43)40-23-30(27-47)17-21-45(40)50/h1-7,9-25,31H,8H2. The van der Waals surface area contributed by atoms with E-state index in [1.807, 2.05) is 66.7 Å². The number of nitrogens with zero attached hydrogens (tertiary/aromatic N) is 5.